The first-order valence-electron chi connectivity index (χ1n) is 6.03. The van der Waals surface area contributed by atoms with Gasteiger partial charge in [-0.25, -0.2) is 0 Å². The number of carbonyl (C=O) groups is 1. The molecule has 0 fully saturated rings. The number of carbonyl (C=O) groups excluding carboxylic acids is 1. The van der Waals surface area contributed by atoms with Crippen molar-refractivity contribution < 1.29 is 15.0 Å². The van der Waals surface area contributed by atoms with E-state index in [1.54, 1.807) is 6.20 Å². The summed E-state index contributed by atoms with van der Waals surface area (Å²) in [7, 11) is 0. The van der Waals surface area contributed by atoms with E-state index >= 15 is 0 Å². The van der Waals surface area contributed by atoms with Crippen LogP contribution in [0.5, 0.6) is 0 Å². The van der Waals surface area contributed by atoms with Gasteiger partial charge in [0.2, 0.25) is 5.91 Å². The molecular weight excluding hydrogens is 244 g/mol. The number of aliphatic hydroxyl groups is 2. The molecule has 0 saturated carbocycles. The first-order chi connectivity index (χ1) is 9.09. The van der Waals surface area contributed by atoms with Gasteiger partial charge in [0.15, 0.2) is 0 Å². The zero-order valence-corrected chi connectivity index (χ0v) is 10.6. The van der Waals surface area contributed by atoms with E-state index < -0.39 is 12.2 Å². The Morgan fingerprint density at radius 2 is 2.05 bits per heavy atom. The minimum Gasteiger partial charge on any atom is -0.388 e. The molecule has 5 nitrogen and oxygen atoms in total. The van der Waals surface area contributed by atoms with Crippen molar-refractivity contribution in [1.29, 1.82) is 0 Å². The molecule has 2 rings (SSSR count). The van der Waals surface area contributed by atoms with Crippen LogP contribution in [-0.4, -0.2) is 33.8 Å². The number of nitrogens with zero attached hydrogens (tertiary/aromatic N) is 1. The summed E-state index contributed by atoms with van der Waals surface area (Å²) in [4.78, 5) is 14.9. The van der Waals surface area contributed by atoms with Gasteiger partial charge in [0.05, 0.1) is 0 Å². The number of hydrogen-bond donors (Lipinski definition) is 3. The first-order valence-corrected chi connectivity index (χ1v) is 6.03. The molecule has 2 atom stereocenters. The second-order valence-electron chi connectivity index (χ2n) is 4.40. The molecule has 1 heterocycles. The second-order valence-corrected chi connectivity index (χ2v) is 4.40. The monoisotopic (exact) mass is 260 g/mol. The first kappa shape index (κ1) is 13.5. The van der Waals surface area contributed by atoms with Crippen molar-refractivity contribution in [3.63, 3.8) is 0 Å². The van der Waals surface area contributed by atoms with Gasteiger partial charge >= 0.3 is 0 Å². The van der Waals surface area contributed by atoms with Crippen molar-refractivity contribution in [2.45, 2.75) is 19.1 Å². The number of fused-ring (bicyclic) bond motifs is 1. The molecular formula is C14H16N2O3. The molecule has 1 aromatic heterocycles. The lowest BCUT2D eigenvalue weighted by Crippen LogP contribution is -2.34. The van der Waals surface area contributed by atoms with Gasteiger partial charge in [-0.2, -0.15) is 0 Å². The van der Waals surface area contributed by atoms with Crippen molar-refractivity contribution in [2.24, 2.45) is 0 Å². The third kappa shape index (κ3) is 3.07. The molecule has 0 bridgehead atoms. The van der Waals surface area contributed by atoms with Crippen LogP contribution in [0.3, 0.4) is 0 Å². The van der Waals surface area contributed by atoms with Crippen molar-refractivity contribution in [3.8, 4) is 0 Å². The summed E-state index contributed by atoms with van der Waals surface area (Å²) in [5.74, 6) is -0.248. The molecule has 19 heavy (non-hydrogen) atoms. The third-order valence-electron chi connectivity index (χ3n) is 2.94. The smallest absolute Gasteiger partial charge is 0.216 e. The summed E-state index contributed by atoms with van der Waals surface area (Å²) in [5.41, 5.74) is 0.552. The maximum absolute atomic E-state index is 10.8. The average Bonchev–Trinajstić information content (AvgIpc) is 2.43. The van der Waals surface area contributed by atoms with E-state index in [0.29, 0.717) is 5.56 Å². The fourth-order valence-electron chi connectivity index (χ4n) is 1.94. The second kappa shape index (κ2) is 5.77. The van der Waals surface area contributed by atoms with Gasteiger partial charge in [0, 0.05) is 36.8 Å². The van der Waals surface area contributed by atoms with Crippen LogP contribution in [0.1, 0.15) is 18.6 Å². The molecule has 1 amide bonds. The number of benzene rings is 1. The molecule has 0 aliphatic carbocycles. The number of amides is 1. The largest absolute Gasteiger partial charge is 0.388 e. The fraction of sp³-hybridized carbons (Fsp3) is 0.286. The summed E-state index contributed by atoms with van der Waals surface area (Å²) in [6, 6.07) is 7.49. The third-order valence-corrected chi connectivity index (χ3v) is 2.94. The lowest BCUT2D eigenvalue weighted by Gasteiger charge is -2.19. The van der Waals surface area contributed by atoms with Crippen LogP contribution in [0.2, 0.25) is 0 Å². The molecule has 3 N–H and O–H groups in total. The van der Waals surface area contributed by atoms with Crippen LogP contribution in [0, 0.1) is 0 Å². The van der Waals surface area contributed by atoms with Crippen LogP contribution < -0.4 is 5.32 Å². The van der Waals surface area contributed by atoms with E-state index in [0.717, 1.165) is 10.8 Å². The summed E-state index contributed by atoms with van der Waals surface area (Å²) in [5, 5.41) is 24.3. The summed E-state index contributed by atoms with van der Waals surface area (Å²) in [6.45, 7) is 1.36. The van der Waals surface area contributed by atoms with Gasteiger partial charge in [-0.05, 0) is 5.39 Å². The molecule has 1 aromatic carbocycles. The highest BCUT2D eigenvalue weighted by Crippen LogP contribution is 2.24. The topological polar surface area (TPSA) is 82.5 Å². The van der Waals surface area contributed by atoms with E-state index in [-0.39, 0.29) is 12.5 Å². The molecule has 0 aliphatic heterocycles. The normalized spacial score (nSPS) is 14.1. The zero-order valence-electron chi connectivity index (χ0n) is 10.6. The quantitative estimate of drug-likeness (QED) is 0.758. The van der Waals surface area contributed by atoms with E-state index in [1.165, 1.54) is 13.1 Å². The summed E-state index contributed by atoms with van der Waals surface area (Å²) < 4.78 is 0. The Bertz CT molecular complexity index is 580. The summed E-state index contributed by atoms with van der Waals surface area (Å²) >= 11 is 0. The Morgan fingerprint density at radius 1 is 1.32 bits per heavy atom. The van der Waals surface area contributed by atoms with Crippen LogP contribution in [0.15, 0.2) is 36.7 Å². The zero-order chi connectivity index (χ0) is 13.8. The molecule has 0 saturated heterocycles. The Hall–Kier alpha value is -1.98. The molecule has 0 radical (unpaired) electrons. The van der Waals surface area contributed by atoms with E-state index in [1.807, 2.05) is 24.3 Å². The van der Waals surface area contributed by atoms with Crippen LogP contribution in [0.4, 0.5) is 0 Å². The van der Waals surface area contributed by atoms with Gasteiger partial charge in [-0.3, -0.25) is 9.78 Å². The number of rotatable bonds is 4. The van der Waals surface area contributed by atoms with Gasteiger partial charge < -0.3 is 15.5 Å². The number of pyridine rings is 1. The Morgan fingerprint density at radius 3 is 2.79 bits per heavy atom. The average molecular weight is 260 g/mol. The molecule has 2 aromatic rings. The lowest BCUT2D eigenvalue weighted by molar-refractivity contribution is -0.119. The highest BCUT2D eigenvalue weighted by atomic mass is 16.3. The van der Waals surface area contributed by atoms with Crippen LogP contribution >= 0.6 is 0 Å². The SMILES string of the molecule is CC(=O)NCC(O)C(O)c1cncc2ccccc12. The maximum atomic E-state index is 10.8. The van der Waals surface area contributed by atoms with Gasteiger partial charge in [0.1, 0.15) is 12.2 Å². The standard InChI is InChI=1S/C14H16N2O3/c1-9(17)16-8-13(18)14(19)12-7-15-6-10-4-2-3-5-11(10)12/h2-7,13-14,18-19H,8H2,1H3,(H,16,17). The Kier molecular flexibility index (Phi) is 4.09. The van der Waals surface area contributed by atoms with E-state index in [4.69, 9.17) is 0 Å². The number of nitrogens with one attached hydrogen (secondary N) is 1. The van der Waals surface area contributed by atoms with Gasteiger partial charge in [-0.1, -0.05) is 24.3 Å². The highest BCUT2D eigenvalue weighted by molar-refractivity contribution is 5.85. The molecule has 0 aliphatic rings. The van der Waals surface area contributed by atoms with Crippen LogP contribution in [-0.2, 0) is 4.79 Å². The highest BCUT2D eigenvalue weighted by Gasteiger charge is 2.20. The number of aromatic nitrogens is 1. The van der Waals surface area contributed by atoms with E-state index in [9.17, 15) is 15.0 Å². The Balaban J connectivity index is 2.25. The molecule has 2 unspecified atom stereocenters. The predicted molar refractivity (Wildman–Crippen MR) is 71.4 cm³/mol. The van der Waals surface area contributed by atoms with Crippen molar-refractivity contribution >= 4 is 16.7 Å². The van der Waals surface area contributed by atoms with Crippen molar-refractivity contribution in [3.05, 3.63) is 42.2 Å². The van der Waals surface area contributed by atoms with Gasteiger partial charge in [-0.15, -0.1) is 0 Å². The maximum Gasteiger partial charge on any atom is 0.216 e. The minimum atomic E-state index is -1.09. The van der Waals surface area contributed by atoms with Crippen molar-refractivity contribution in [2.75, 3.05) is 6.54 Å². The van der Waals surface area contributed by atoms with Crippen molar-refractivity contribution in [1.82, 2.24) is 10.3 Å². The minimum absolute atomic E-state index is 0.000277. The summed E-state index contributed by atoms with van der Waals surface area (Å²) in [6.07, 6.45) is 1.07. The lowest BCUT2D eigenvalue weighted by atomic mass is 10.00. The molecule has 5 heteroatoms. The number of hydrogen-bond acceptors (Lipinski definition) is 4. The van der Waals surface area contributed by atoms with Crippen LogP contribution in [0.25, 0.3) is 10.8 Å². The molecule has 0 spiro atoms. The van der Waals surface area contributed by atoms with E-state index in [2.05, 4.69) is 10.3 Å². The predicted octanol–water partition coefficient (Wildman–Crippen LogP) is 0.765. The molecule has 100 valence electrons. The number of aliphatic hydroxyl groups excluding tert-OH is 2. The fourth-order valence-corrected chi connectivity index (χ4v) is 1.94. The van der Waals surface area contributed by atoms with Gasteiger partial charge in [0.25, 0.3) is 0 Å². The Labute approximate surface area is 110 Å².